The highest BCUT2D eigenvalue weighted by Gasteiger charge is 2.20. The second kappa shape index (κ2) is 6.88. The van der Waals surface area contributed by atoms with Gasteiger partial charge in [-0.15, -0.1) is 0 Å². The van der Waals surface area contributed by atoms with Gasteiger partial charge < -0.3 is 15.2 Å². The summed E-state index contributed by atoms with van der Waals surface area (Å²) in [7, 11) is 0. The van der Waals surface area contributed by atoms with Gasteiger partial charge in [-0.25, -0.2) is 4.98 Å². The van der Waals surface area contributed by atoms with Crippen LogP contribution in [0.2, 0.25) is 0 Å². The molecule has 0 saturated carbocycles. The Kier molecular flexibility index (Phi) is 4.90. The van der Waals surface area contributed by atoms with Crippen molar-refractivity contribution in [2.75, 3.05) is 19.8 Å². The first-order valence-corrected chi connectivity index (χ1v) is 6.24. The molecule has 0 spiro atoms. The number of ether oxygens (including phenoxy) is 1. The van der Waals surface area contributed by atoms with Gasteiger partial charge in [0.05, 0.1) is 24.8 Å². The minimum Gasteiger partial charge on any atom is -0.395 e. The van der Waals surface area contributed by atoms with Crippen molar-refractivity contribution < 1.29 is 14.6 Å². The number of pyridine rings is 1. The lowest BCUT2D eigenvalue weighted by molar-refractivity contribution is 0.0924. The largest absolute Gasteiger partial charge is 0.395 e. The van der Waals surface area contributed by atoms with Gasteiger partial charge in [-0.1, -0.05) is 11.8 Å². The van der Waals surface area contributed by atoms with Gasteiger partial charge in [-0.3, -0.25) is 4.79 Å². The quantitative estimate of drug-likeness (QED) is 0.769. The van der Waals surface area contributed by atoms with Gasteiger partial charge in [0.1, 0.15) is 5.69 Å². The highest BCUT2D eigenvalue weighted by Crippen LogP contribution is 2.07. The van der Waals surface area contributed by atoms with Gasteiger partial charge in [0, 0.05) is 19.2 Å². The highest BCUT2D eigenvalue weighted by atomic mass is 16.5. The van der Waals surface area contributed by atoms with Crippen LogP contribution in [0.5, 0.6) is 0 Å². The molecule has 1 aliphatic heterocycles. The Bertz CT molecular complexity index is 499. The number of hydrogen-bond donors (Lipinski definition) is 2. The number of rotatable bonds is 3. The van der Waals surface area contributed by atoms with Gasteiger partial charge in [0.15, 0.2) is 0 Å². The molecule has 2 rings (SSSR count). The van der Waals surface area contributed by atoms with Crippen molar-refractivity contribution >= 4 is 5.91 Å². The third kappa shape index (κ3) is 3.78. The Labute approximate surface area is 112 Å². The molecule has 1 aromatic heterocycles. The summed E-state index contributed by atoms with van der Waals surface area (Å²) in [4.78, 5) is 16.2. The van der Waals surface area contributed by atoms with E-state index >= 15 is 0 Å². The second-order valence-corrected chi connectivity index (χ2v) is 4.21. The van der Waals surface area contributed by atoms with E-state index in [2.05, 4.69) is 22.1 Å². The van der Waals surface area contributed by atoms with Crippen LogP contribution in [0.1, 0.15) is 28.9 Å². The molecule has 2 N–H and O–H groups in total. The van der Waals surface area contributed by atoms with E-state index in [9.17, 15) is 4.79 Å². The smallest absolute Gasteiger partial charge is 0.271 e. The summed E-state index contributed by atoms with van der Waals surface area (Å²) in [6.07, 6.45) is 2.77. The minimum atomic E-state index is -0.232. The summed E-state index contributed by atoms with van der Waals surface area (Å²) in [5.41, 5.74) is 0.896. The average molecular weight is 260 g/mol. The van der Waals surface area contributed by atoms with Crippen molar-refractivity contribution in [3.05, 3.63) is 29.6 Å². The molecule has 19 heavy (non-hydrogen) atoms. The van der Waals surface area contributed by atoms with Crippen LogP contribution >= 0.6 is 0 Å². The van der Waals surface area contributed by atoms with Crippen molar-refractivity contribution in [3.8, 4) is 11.8 Å². The number of nitrogens with one attached hydrogen (secondary N) is 1. The summed E-state index contributed by atoms with van der Waals surface area (Å²) in [6, 6.07) is 3.53. The molecule has 5 nitrogen and oxygen atoms in total. The Morgan fingerprint density at radius 1 is 1.63 bits per heavy atom. The third-order valence-corrected chi connectivity index (χ3v) is 2.75. The van der Waals surface area contributed by atoms with E-state index in [0.29, 0.717) is 30.9 Å². The Morgan fingerprint density at radius 3 is 3.26 bits per heavy atom. The molecule has 1 amide bonds. The number of amides is 1. The van der Waals surface area contributed by atoms with Crippen molar-refractivity contribution in [1.82, 2.24) is 10.3 Å². The normalized spacial score (nSPS) is 17.6. The maximum absolute atomic E-state index is 12.1. The van der Waals surface area contributed by atoms with E-state index in [-0.39, 0.29) is 18.6 Å². The van der Waals surface area contributed by atoms with Crippen LogP contribution in [0, 0.1) is 11.8 Å². The Morgan fingerprint density at radius 2 is 2.53 bits per heavy atom. The number of aliphatic hydroxyl groups excluding tert-OH is 1. The summed E-state index contributed by atoms with van der Waals surface area (Å²) in [5.74, 6) is 5.42. The minimum absolute atomic E-state index is 0.00814. The first-order chi connectivity index (χ1) is 9.31. The second-order valence-electron chi connectivity index (χ2n) is 4.21. The van der Waals surface area contributed by atoms with Crippen LogP contribution in [0.25, 0.3) is 0 Å². The zero-order valence-corrected chi connectivity index (χ0v) is 10.6. The SMILES string of the molecule is O=C(NC1CCOC1)c1ncccc1C#CCCO. The molecule has 0 bridgehead atoms. The molecular formula is C14H16N2O3. The standard InChI is InChI=1S/C14H16N2O3/c17-8-2-1-4-11-5-3-7-15-13(11)14(18)16-12-6-9-19-10-12/h3,5,7,12,17H,2,6,8-10H2,(H,16,18). The fraction of sp³-hybridized carbons (Fsp3) is 0.429. The number of aliphatic hydroxyl groups is 1. The van der Waals surface area contributed by atoms with Gasteiger partial charge in [-0.2, -0.15) is 0 Å². The van der Waals surface area contributed by atoms with E-state index in [0.717, 1.165) is 6.42 Å². The molecule has 1 atom stereocenters. The fourth-order valence-corrected chi connectivity index (χ4v) is 1.80. The van der Waals surface area contributed by atoms with Crippen molar-refractivity contribution in [2.45, 2.75) is 18.9 Å². The zero-order valence-electron chi connectivity index (χ0n) is 10.6. The van der Waals surface area contributed by atoms with Gasteiger partial charge in [0.25, 0.3) is 5.91 Å². The lowest BCUT2D eigenvalue weighted by Crippen LogP contribution is -2.35. The van der Waals surface area contributed by atoms with E-state index in [1.54, 1.807) is 18.3 Å². The molecule has 5 heteroatoms. The topological polar surface area (TPSA) is 71.5 Å². The number of hydrogen-bond acceptors (Lipinski definition) is 4. The Balaban J connectivity index is 2.10. The molecule has 1 fully saturated rings. The molecule has 1 unspecified atom stereocenters. The van der Waals surface area contributed by atoms with Crippen LogP contribution < -0.4 is 5.32 Å². The third-order valence-electron chi connectivity index (χ3n) is 2.75. The number of carbonyl (C=O) groups excluding carboxylic acids is 1. The lowest BCUT2D eigenvalue weighted by Gasteiger charge is -2.10. The number of carbonyl (C=O) groups is 1. The van der Waals surface area contributed by atoms with E-state index in [1.165, 1.54) is 0 Å². The molecule has 2 heterocycles. The van der Waals surface area contributed by atoms with Crippen LogP contribution in [-0.4, -0.2) is 41.9 Å². The molecule has 1 saturated heterocycles. The first-order valence-electron chi connectivity index (χ1n) is 6.24. The van der Waals surface area contributed by atoms with E-state index in [4.69, 9.17) is 9.84 Å². The van der Waals surface area contributed by atoms with Crippen LogP contribution in [0.3, 0.4) is 0 Å². The summed E-state index contributed by atoms with van der Waals surface area (Å²) in [5, 5.41) is 11.6. The van der Waals surface area contributed by atoms with E-state index in [1.807, 2.05) is 0 Å². The molecule has 100 valence electrons. The summed E-state index contributed by atoms with van der Waals surface area (Å²) < 4.78 is 5.21. The molecule has 1 aromatic rings. The monoisotopic (exact) mass is 260 g/mol. The zero-order chi connectivity index (χ0) is 13.5. The van der Waals surface area contributed by atoms with Crippen molar-refractivity contribution in [3.63, 3.8) is 0 Å². The van der Waals surface area contributed by atoms with Crippen LogP contribution in [0.15, 0.2) is 18.3 Å². The molecule has 0 aromatic carbocycles. The number of nitrogens with zero attached hydrogens (tertiary/aromatic N) is 1. The van der Waals surface area contributed by atoms with Crippen molar-refractivity contribution in [1.29, 1.82) is 0 Å². The van der Waals surface area contributed by atoms with Gasteiger partial charge >= 0.3 is 0 Å². The maximum atomic E-state index is 12.1. The fourth-order valence-electron chi connectivity index (χ4n) is 1.80. The highest BCUT2D eigenvalue weighted by molar-refractivity contribution is 5.94. The average Bonchev–Trinajstić information content (AvgIpc) is 2.92. The number of aromatic nitrogens is 1. The lowest BCUT2D eigenvalue weighted by atomic mass is 10.1. The predicted octanol–water partition coefficient (Wildman–Crippen LogP) is 0.334. The summed E-state index contributed by atoms with van der Waals surface area (Å²) in [6.45, 7) is 1.23. The Hall–Kier alpha value is -1.90. The summed E-state index contributed by atoms with van der Waals surface area (Å²) >= 11 is 0. The maximum Gasteiger partial charge on any atom is 0.271 e. The van der Waals surface area contributed by atoms with Gasteiger partial charge in [-0.05, 0) is 18.6 Å². The van der Waals surface area contributed by atoms with Crippen LogP contribution in [-0.2, 0) is 4.74 Å². The molecule has 1 aliphatic rings. The predicted molar refractivity (Wildman–Crippen MR) is 69.5 cm³/mol. The van der Waals surface area contributed by atoms with Gasteiger partial charge in [0.2, 0.25) is 0 Å². The van der Waals surface area contributed by atoms with Crippen LogP contribution in [0.4, 0.5) is 0 Å². The first kappa shape index (κ1) is 13.5. The van der Waals surface area contributed by atoms with Crippen molar-refractivity contribution in [2.24, 2.45) is 0 Å². The molecular weight excluding hydrogens is 244 g/mol. The molecule has 0 aliphatic carbocycles. The molecule has 0 radical (unpaired) electrons. The van der Waals surface area contributed by atoms with E-state index < -0.39 is 0 Å².